The third-order valence-electron chi connectivity index (χ3n) is 10.5. The molecule has 8 rings (SSSR count). The molecule has 4 saturated carbocycles. The van der Waals surface area contributed by atoms with E-state index in [1.165, 1.54) is 50.7 Å². The Kier molecular flexibility index (Phi) is 8.37. The van der Waals surface area contributed by atoms with E-state index >= 15 is 0 Å². The number of carbonyl (C=O) groups excluding carboxylic acids is 1. The minimum Gasteiger partial charge on any atom is -0.492 e. The van der Waals surface area contributed by atoms with Crippen molar-refractivity contribution < 1.29 is 22.7 Å². The molecule has 3 heterocycles. The summed E-state index contributed by atoms with van der Waals surface area (Å²) >= 11 is 0. The number of nitrogens with one attached hydrogen (secondary N) is 1. The van der Waals surface area contributed by atoms with Crippen molar-refractivity contribution in [3.63, 3.8) is 0 Å². The summed E-state index contributed by atoms with van der Waals surface area (Å²) in [6.45, 7) is 6.01. The number of benzene rings is 1. The Morgan fingerprint density at radius 2 is 1.65 bits per heavy atom. The van der Waals surface area contributed by atoms with Crippen LogP contribution in [0.25, 0.3) is 11.1 Å². The smallest absolute Gasteiger partial charge is 0.416 e. The largest absolute Gasteiger partial charge is 0.492 e. The maximum atomic E-state index is 13.9. The molecule has 5 fully saturated rings. The van der Waals surface area contributed by atoms with E-state index in [9.17, 15) is 18.0 Å². The molecule has 1 N–H and O–H groups in total. The van der Waals surface area contributed by atoms with Crippen LogP contribution < -0.4 is 15.0 Å². The van der Waals surface area contributed by atoms with Crippen molar-refractivity contribution in [3.05, 3.63) is 65.6 Å². The van der Waals surface area contributed by atoms with Gasteiger partial charge in [-0.15, -0.1) is 10.2 Å². The second-order valence-electron chi connectivity index (χ2n) is 13.9. The van der Waals surface area contributed by atoms with Gasteiger partial charge in [-0.05, 0) is 116 Å². The highest BCUT2D eigenvalue weighted by Gasteiger charge is 2.50. The number of aromatic nitrogens is 3. The monoisotopic (exact) mass is 634 g/mol. The van der Waals surface area contributed by atoms with Crippen LogP contribution in [0.3, 0.4) is 0 Å². The van der Waals surface area contributed by atoms with Crippen LogP contribution >= 0.6 is 0 Å². The molecule has 4 bridgehead atoms. The number of hydrogen-bond acceptors (Lipinski definition) is 7. The first-order valence-electron chi connectivity index (χ1n) is 16.5. The molecule has 1 aliphatic heterocycles. The topological polar surface area (TPSA) is 83.5 Å². The van der Waals surface area contributed by atoms with Gasteiger partial charge in [0.05, 0.1) is 18.4 Å². The first-order chi connectivity index (χ1) is 22.1. The lowest BCUT2D eigenvalue weighted by molar-refractivity contribution is -0.137. The third-order valence-corrected chi connectivity index (χ3v) is 10.5. The van der Waals surface area contributed by atoms with Crippen LogP contribution in [-0.4, -0.2) is 65.3 Å². The van der Waals surface area contributed by atoms with Crippen molar-refractivity contribution in [2.45, 2.75) is 58.2 Å². The zero-order valence-corrected chi connectivity index (χ0v) is 26.2. The summed E-state index contributed by atoms with van der Waals surface area (Å²) < 4.78 is 47.1. The van der Waals surface area contributed by atoms with E-state index in [0.717, 1.165) is 24.3 Å². The van der Waals surface area contributed by atoms with Crippen LogP contribution in [0, 0.1) is 23.2 Å². The summed E-state index contributed by atoms with van der Waals surface area (Å²) in [6, 6.07) is 9.49. The van der Waals surface area contributed by atoms with Crippen molar-refractivity contribution in [3.8, 4) is 16.9 Å². The molecule has 0 unspecified atom stereocenters. The van der Waals surface area contributed by atoms with Crippen molar-refractivity contribution >= 4 is 11.7 Å². The summed E-state index contributed by atoms with van der Waals surface area (Å²) in [4.78, 5) is 21.4. The van der Waals surface area contributed by atoms with E-state index in [-0.39, 0.29) is 11.3 Å². The van der Waals surface area contributed by atoms with Crippen LogP contribution in [0.4, 0.5) is 19.0 Å². The number of carbonyl (C=O) groups is 1. The molecule has 5 aliphatic rings. The van der Waals surface area contributed by atoms with E-state index in [2.05, 4.69) is 30.3 Å². The fourth-order valence-corrected chi connectivity index (χ4v) is 8.81. The highest BCUT2D eigenvalue weighted by atomic mass is 19.4. The van der Waals surface area contributed by atoms with Crippen molar-refractivity contribution in [2.75, 3.05) is 44.2 Å². The zero-order valence-electron chi connectivity index (χ0n) is 26.2. The second kappa shape index (κ2) is 12.5. The average Bonchev–Trinajstić information content (AvgIpc) is 3.03. The molecule has 0 radical (unpaired) electrons. The molecule has 2 aromatic heterocycles. The molecular formula is C35H41F3N6O2. The summed E-state index contributed by atoms with van der Waals surface area (Å²) in [5.74, 6) is 3.56. The molecule has 3 aromatic rings. The number of halogens is 3. The Labute approximate surface area is 267 Å². The molecule has 244 valence electrons. The SMILES string of the molecule is CCOc1cncc(-c2cc(CN3CCN(c4ccc(C(=O)NCC56CC7CC(CC(C7)C5)C6)nn4)CC3)cc(C(F)(F)F)c2)c1. The van der Waals surface area contributed by atoms with Crippen LogP contribution in [0.1, 0.15) is 67.1 Å². The molecule has 0 atom stereocenters. The lowest BCUT2D eigenvalue weighted by Crippen LogP contribution is -2.51. The van der Waals surface area contributed by atoms with E-state index in [4.69, 9.17) is 4.74 Å². The fourth-order valence-electron chi connectivity index (χ4n) is 8.81. The predicted octanol–water partition coefficient (Wildman–Crippen LogP) is 6.22. The highest BCUT2D eigenvalue weighted by molar-refractivity contribution is 5.92. The maximum absolute atomic E-state index is 13.9. The average molecular weight is 635 g/mol. The van der Waals surface area contributed by atoms with Gasteiger partial charge in [0.15, 0.2) is 11.5 Å². The summed E-state index contributed by atoms with van der Waals surface area (Å²) in [7, 11) is 0. The van der Waals surface area contributed by atoms with E-state index < -0.39 is 11.7 Å². The van der Waals surface area contributed by atoms with Crippen LogP contribution in [0.5, 0.6) is 5.75 Å². The summed E-state index contributed by atoms with van der Waals surface area (Å²) in [5.41, 5.74) is 1.52. The summed E-state index contributed by atoms with van der Waals surface area (Å²) in [6.07, 6.45) is 6.50. The Hall–Kier alpha value is -3.73. The number of hydrogen-bond donors (Lipinski definition) is 1. The normalized spacial score (nSPS) is 25.9. The molecule has 46 heavy (non-hydrogen) atoms. The van der Waals surface area contributed by atoms with E-state index in [1.54, 1.807) is 30.6 Å². The van der Waals surface area contributed by atoms with Gasteiger partial charge in [0.2, 0.25) is 0 Å². The van der Waals surface area contributed by atoms with Gasteiger partial charge in [0.1, 0.15) is 5.75 Å². The molecule has 11 heteroatoms. The molecule has 8 nitrogen and oxygen atoms in total. The highest BCUT2D eigenvalue weighted by Crippen LogP contribution is 2.59. The number of nitrogens with zero attached hydrogens (tertiary/aromatic N) is 5. The minimum atomic E-state index is -4.47. The van der Waals surface area contributed by atoms with Crippen molar-refractivity contribution in [2.24, 2.45) is 23.2 Å². The van der Waals surface area contributed by atoms with Gasteiger partial charge in [0.25, 0.3) is 5.91 Å². The number of alkyl halides is 3. The Morgan fingerprint density at radius 3 is 2.28 bits per heavy atom. The Balaban J connectivity index is 0.952. The lowest BCUT2D eigenvalue weighted by Gasteiger charge is -2.56. The number of rotatable bonds is 9. The molecule has 1 amide bonds. The summed E-state index contributed by atoms with van der Waals surface area (Å²) in [5, 5.41) is 11.8. The van der Waals surface area contributed by atoms with Crippen LogP contribution in [0.15, 0.2) is 48.8 Å². The number of ether oxygens (including phenoxy) is 1. The number of amides is 1. The Bertz CT molecular complexity index is 1520. The van der Waals surface area contributed by atoms with Gasteiger partial charge in [-0.1, -0.05) is 0 Å². The van der Waals surface area contributed by atoms with Gasteiger partial charge in [-0.2, -0.15) is 13.2 Å². The molecule has 4 aliphatic carbocycles. The first-order valence-corrected chi connectivity index (χ1v) is 16.5. The number of pyridine rings is 1. The van der Waals surface area contributed by atoms with E-state index in [0.29, 0.717) is 73.3 Å². The van der Waals surface area contributed by atoms with Gasteiger partial charge < -0.3 is 15.0 Å². The molecule has 1 saturated heterocycles. The van der Waals surface area contributed by atoms with Crippen LogP contribution in [-0.2, 0) is 12.7 Å². The standard InChI is InChI=1S/C35H41F3N6O2/c1-2-46-30-15-28(19-39-20-30)27-12-26(13-29(14-27)35(36,37)38)21-43-5-7-44(8-6-43)32-4-3-31(41-42-32)33(45)40-22-34-16-23-9-24(17-34)11-25(10-23)18-34/h3-4,12-15,19-20,23-25H,2,5-11,16-18,21-22H2,1H3,(H,40,45). The van der Waals surface area contributed by atoms with E-state index in [1.807, 2.05) is 13.0 Å². The van der Waals surface area contributed by atoms with Gasteiger partial charge in [0, 0.05) is 51.0 Å². The third kappa shape index (κ3) is 6.70. The van der Waals surface area contributed by atoms with Gasteiger partial charge in [-0.25, -0.2) is 0 Å². The van der Waals surface area contributed by atoms with Crippen molar-refractivity contribution in [1.82, 2.24) is 25.4 Å². The van der Waals surface area contributed by atoms with Crippen LogP contribution in [0.2, 0.25) is 0 Å². The maximum Gasteiger partial charge on any atom is 0.416 e. The minimum absolute atomic E-state index is 0.166. The molecule has 1 aromatic carbocycles. The van der Waals surface area contributed by atoms with Gasteiger partial charge in [-0.3, -0.25) is 14.7 Å². The number of piperazine rings is 1. The lowest BCUT2D eigenvalue weighted by atomic mass is 9.49. The molecular weight excluding hydrogens is 593 g/mol. The Morgan fingerprint density at radius 1 is 0.935 bits per heavy atom. The first kappa shape index (κ1) is 30.9. The second-order valence-corrected chi connectivity index (χ2v) is 13.9. The fraction of sp³-hybridized carbons (Fsp3) is 0.543. The molecule has 0 spiro atoms. The van der Waals surface area contributed by atoms with Gasteiger partial charge >= 0.3 is 6.18 Å². The van der Waals surface area contributed by atoms with Crippen molar-refractivity contribution in [1.29, 1.82) is 0 Å². The quantitative estimate of drug-likeness (QED) is 0.299. The predicted molar refractivity (Wildman–Crippen MR) is 168 cm³/mol. The zero-order chi connectivity index (χ0) is 31.9. The number of anilines is 1.